The molecule has 1 aromatic rings. The highest BCUT2D eigenvalue weighted by atomic mass is 16.2. The molecule has 0 N–H and O–H groups in total. The van der Waals surface area contributed by atoms with Crippen LogP contribution in [0.4, 0.5) is 0 Å². The molecule has 2 aliphatic heterocycles. The van der Waals surface area contributed by atoms with Crippen LogP contribution >= 0.6 is 0 Å². The molecule has 0 radical (unpaired) electrons. The molecule has 2 fully saturated rings. The van der Waals surface area contributed by atoms with E-state index in [1.54, 1.807) is 0 Å². The minimum Gasteiger partial charge on any atom is -0.297 e. The van der Waals surface area contributed by atoms with E-state index < -0.39 is 0 Å². The molecule has 0 spiro atoms. The minimum absolute atomic E-state index is 0.0102. The zero-order chi connectivity index (χ0) is 15.5. The van der Waals surface area contributed by atoms with Crippen LogP contribution in [0.15, 0.2) is 30.3 Å². The van der Waals surface area contributed by atoms with Gasteiger partial charge in [0, 0.05) is 39.3 Å². The molecule has 1 unspecified atom stereocenters. The van der Waals surface area contributed by atoms with E-state index >= 15 is 0 Å². The first kappa shape index (κ1) is 15.2. The lowest BCUT2D eigenvalue weighted by Gasteiger charge is -2.37. The van der Waals surface area contributed by atoms with Gasteiger partial charge in [-0.1, -0.05) is 30.3 Å². The lowest BCUT2D eigenvalue weighted by atomic mass is 10.1. The van der Waals surface area contributed by atoms with Gasteiger partial charge in [0.05, 0.1) is 12.5 Å². The molecule has 1 aromatic carbocycles. The number of nitrogens with zero attached hydrogens (tertiary/aromatic N) is 3. The van der Waals surface area contributed by atoms with Gasteiger partial charge in [0.2, 0.25) is 11.8 Å². The van der Waals surface area contributed by atoms with Crippen molar-refractivity contribution in [3.8, 4) is 0 Å². The molecular formula is C17H23N3O2. The summed E-state index contributed by atoms with van der Waals surface area (Å²) in [6, 6.07) is 10.2. The average Bonchev–Trinajstić information content (AvgIpc) is 2.83. The standard InChI is InChI=1S/C17H23N3O2/c1-2-20-16(21)12-15(17(20)22)19-10-8-18(9-11-19)13-14-6-4-3-5-7-14/h3-7,15H,2,8-13H2,1H3. The van der Waals surface area contributed by atoms with Crippen molar-refractivity contribution in [1.82, 2.24) is 14.7 Å². The van der Waals surface area contributed by atoms with Crippen LogP contribution < -0.4 is 0 Å². The first-order chi connectivity index (χ1) is 10.7. The number of likely N-dealkylation sites (N-methyl/N-ethyl adjacent to an activating group) is 1. The van der Waals surface area contributed by atoms with Gasteiger partial charge in [-0.3, -0.25) is 24.3 Å². The molecule has 3 rings (SSSR count). The molecule has 2 amide bonds. The lowest BCUT2D eigenvalue weighted by Crippen LogP contribution is -2.52. The van der Waals surface area contributed by atoms with Gasteiger partial charge in [0.25, 0.3) is 0 Å². The van der Waals surface area contributed by atoms with Crippen molar-refractivity contribution in [2.45, 2.75) is 25.9 Å². The Morgan fingerprint density at radius 1 is 1.05 bits per heavy atom. The van der Waals surface area contributed by atoms with Gasteiger partial charge in [-0.25, -0.2) is 0 Å². The Bertz CT molecular complexity index is 538. The molecule has 22 heavy (non-hydrogen) atoms. The number of carbonyl (C=O) groups is 2. The number of amides is 2. The van der Waals surface area contributed by atoms with Crippen LogP contribution in [-0.2, 0) is 16.1 Å². The van der Waals surface area contributed by atoms with Crippen LogP contribution in [0.1, 0.15) is 18.9 Å². The summed E-state index contributed by atoms with van der Waals surface area (Å²) in [6.45, 7) is 6.89. The second-order valence-electron chi connectivity index (χ2n) is 5.99. The second kappa shape index (κ2) is 6.58. The van der Waals surface area contributed by atoms with Crippen molar-refractivity contribution in [3.05, 3.63) is 35.9 Å². The Morgan fingerprint density at radius 2 is 1.73 bits per heavy atom. The van der Waals surface area contributed by atoms with Crippen LogP contribution in [0.3, 0.4) is 0 Å². The number of likely N-dealkylation sites (tertiary alicyclic amines) is 1. The van der Waals surface area contributed by atoms with E-state index in [-0.39, 0.29) is 17.9 Å². The number of carbonyl (C=O) groups excluding carboxylic acids is 2. The van der Waals surface area contributed by atoms with E-state index in [1.807, 2.05) is 13.0 Å². The van der Waals surface area contributed by atoms with Crippen molar-refractivity contribution < 1.29 is 9.59 Å². The molecule has 2 aliphatic rings. The highest BCUT2D eigenvalue weighted by Crippen LogP contribution is 2.20. The zero-order valence-corrected chi connectivity index (χ0v) is 13.1. The number of benzene rings is 1. The molecule has 1 atom stereocenters. The van der Waals surface area contributed by atoms with Crippen LogP contribution in [0.2, 0.25) is 0 Å². The Balaban J connectivity index is 1.54. The van der Waals surface area contributed by atoms with Gasteiger partial charge in [-0.15, -0.1) is 0 Å². The first-order valence-electron chi connectivity index (χ1n) is 8.03. The van der Waals surface area contributed by atoms with Gasteiger partial charge in [0.1, 0.15) is 0 Å². The van der Waals surface area contributed by atoms with E-state index in [0.29, 0.717) is 13.0 Å². The van der Waals surface area contributed by atoms with Crippen LogP contribution in [0, 0.1) is 0 Å². The van der Waals surface area contributed by atoms with Crippen LogP contribution in [0.5, 0.6) is 0 Å². The number of hydrogen-bond acceptors (Lipinski definition) is 4. The molecule has 5 heteroatoms. The highest BCUT2D eigenvalue weighted by molar-refractivity contribution is 6.05. The third-order valence-electron chi connectivity index (χ3n) is 4.63. The lowest BCUT2D eigenvalue weighted by molar-refractivity contribution is -0.139. The molecule has 0 aliphatic carbocycles. The molecule has 5 nitrogen and oxygen atoms in total. The quantitative estimate of drug-likeness (QED) is 0.777. The Hall–Kier alpha value is -1.72. The highest BCUT2D eigenvalue weighted by Gasteiger charge is 2.41. The molecular weight excluding hydrogens is 278 g/mol. The van der Waals surface area contributed by atoms with E-state index in [0.717, 1.165) is 32.7 Å². The second-order valence-corrected chi connectivity index (χ2v) is 5.99. The number of imide groups is 1. The smallest absolute Gasteiger partial charge is 0.247 e. The summed E-state index contributed by atoms with van der Waals surface area (Å²) in [5, 5.41) is 0. The zero-order valence-electron chi connectivity index (χ0n) is 13.1. The summed E-state index contributed by atoms with van der Waals surface area (Å²) in [5.74, 6) is -0.0341. The Morgan fingerprint density at radius 3 is 2.32 bits per heavy atom. The molecule has 2 heterocycles. The summed E-state index contributed by atoms with van der Waals surface area (Å²) in [4.78, 5) is 30.1. The van der Waals surface area contributed by atoms with E-state index in [1.165, 1.54) is 10.5 Å². The Labute approximate surface area is 131 Å². The van der Waals surface area contributed by atoms with Gasteiger partial charge in [-0.05, 0) is 12.5 Å². The normalized spacial score (nSPS) is 24.2. The SMILES string of the molecule is CCN1C(=O)CC(N2CCN(Cc3ccccc3)CC2)C1=O. The third kappa shape index (κ3) is 3.05. The van der Waals surface area contributed by atoms with Gasteiger partial charge in [0.15, 0.2) is 0 Å². The van der Waals surface area contributed by atoms with Crippen LogP contribution in [0.25, 0.3) is 0 Å². The molecule has 2 saturated heterocycles. The van der Waals surface area contributed by atoms with E-state index in [9.17, 15) is 9.59 Å². The fourth-order valence-electron chi connectivity index (χ4n) is 3.36. The average molecular weight is 301 g/mol. The predicted octanol–water partition coefficient (Wildman–Crippen LogP) is 0.952. The molecule has 0 aromatic heterocycles. The topological polar surface area (TPSA) is 43.9 Å². The minimum atomic E-state index is -0.230. The predicted molar refractivity (Wildman–Crippen MR) is 84.1 cm³/mol. The van der Waals surface area contributed by atoms with Crippen molar-refractivity contribution in [3.63, 3.8) is 0 Å². The maximum absolute atomic E-state index is 12.3. The van der Waals surface area contributed by atoms with E-state index in [4.69, 9.17) is 0 Å². The Kier molecular flexibility index (Phi) is 4.55. The molecule has 0 bridgehead atoms. The summed E-state index contributed by atoms with van der Waals surface area (Å²) < 4.78 is 0. The summed E-state index contributed by atoms with van der Waals surface area (Å²) >= 11 is 0. The number of hydrogen-bond donors (Lipinski definition) is 0. The van der Waals surface area contributed by atoms with Gasteiger partial charge >= 0.3 is 0 Å². The van der Waals surface area contributed by atoms with Crippen molar-refractivity contribution in [2.75, 3.05) is 32.7 Å². The number of rotatable bonds is 4. The van der Waals surface area contributed by atoms with E-state index in [2.05, 4.69) is 34.1 Å². The van der Waals surface area contributed by atoms with Crippen molar-refractivity contribution in [1.29, 1.82) is 0 Å². The summed E-state index contributed by atoms with van der Waals surface area (Å²) in [6.07, 6.45) is 0.353. The maximum atomic E-state index is 12.3. The van der Waals surface area contributed by atoms with Crippen LogP contribution in [-0.4, -0.2) is 65.3 Å². The maximum Gasteiger partial charge on any atom is 0.247 e. The fourth-order valence-corrected chi connectivity index (χ4v) is 3.36. The third-order valence-corrected chi connectivity index (χ3v) is 4.63. The molecule has 0 saturated carbocycles. The summed E-state index contributed by atoms with van der Waals surface area (Å²) in [7, 11) is 0. The van der Waals surface area contributed by atoms with Crippen molar-refractivity contribution in [2.24, 2.45) is 0 Å². The van der Waals surface area contributed by atoms with Gasteiger partial charge < -0.3 is 0 Å². The van der Waals surface area contributed by atoms with Gasteiger partial charge in [-0.2, -0.15) is 0 Å². The number of piperazine rings is 1. The monoisotopic (exact) mass is 301 g/mol. The largest absolute Gasteiger partial charge is 0.297 e. The van der Waals surface area contributed by atoms with Crippen molar-refractivity contribution >= 4 is 11.8 Å². The fraction of sp³-hybridized carbons (Fsp3) is 0.529. The summed E-state index contributed by atoms with van der Waals surface area (Å²) in [5.41, 5.74) is 1.32. The first-order valence-corrected chi connectivity index (χ1v) is 8.03. The molecule has 118 valence electrons.